The van der Waals surface area contributed by atoms with Crippen LogP contribution in [0.2, 0.25) is 0 Å². The number of nitrogens with one attached hydrogen (secondary N) is 1. The second-order valence-corrected chi connectivity index (χ2v) is 7.94. The number of carbonyl (C=O) groups is 1. The fraction of sp³-hybridized carbons (Fsp3) is 0.368. The standard InChI is InChI=1S/C19H20N2OS2/c1-23-14-9-7-13(8-10-14)11-18(22)21-19-16(12-20)15-5-3-2-4-6-17(15)24-19/h7-10H,2-6,11H2,1H3,(H,21,22). The fourth-order valence-electron chi connectivity index (χ4n) is 3.05. The molecule has 0 radical (unpaired) electrons. The van der Waals surface area contributed by atoms with Crippen LogP contribution in [-0.4, -0.2) is 12.2 Å². The van der Waals surface area contributed by atoms with E-state index < -0.39 is 0 Å². The topological polar surface area (TPSA) is 52.9 Å². The predicted octanol–water partition coefficient (Wildman–Crippen LogP) is 4.79. The van der Waals surface area contributed by atoms with Crippen LogP contribution in [0.4, 0.5) is 5.00 Å². The summed E-state index contributed by atoms with van der Waals surface area (Å²) < 4.78 is 0. The molecule has 1 amide bonds. The Kier molecular flexibility index (Phi) is 5.60. The summed E-state index contributed by atoms with van der Waals surface area (Å²) in [5.41, 5.74) is 2.84. The molecule has 0 aliphatic heterocycles. The second-order valence-electron chi connectivity index (χ2n) is 5.95. The van der Waals surface area contributed by atoms with Crippen molar-refractivity contribution >= 4 is 34.0 Å². The Morgan fingerprint density at radius 2 is 2.00 bits per heavy atom. The summed E-state index contributed by atoms with van der Waals surface area (Å²) >= 11 is 3.27. The van der Waals surface area contributed by atoms with Gasteiger partial charge in [0.1, 0.15) is 11.1 Å². The minimum atomic E-state index is -0.0557. The molecular formula is C19H20N2OS2. The van der Waals surface area contributed by atoms with E-state index >= 15 is 0 Å². The van der Waals surface area contributed by atoms with Gasteiger partial charge < -0.3 is 5.32 Å². The van der Waals surface area contributed by atoms with E-state index in [0.29, 0.717) is 12.0 Å². The zero-order valence-electron chi connectivity index (χ0n) is 13.7. The normalized spacial score (nSPS) is 13.7. The molecule has 0 spiro atoms. The van der Waals surface area contributed by atoms with Crippen LogP contribution in [0.15, 0.2) is 29.2 Å². The molecule has 0 bridgehead atoms. The summed E-state index contributed by atoms with van der Waals surface area (Å²) in [7, 11) is 0. The third-order valence-electron chi connectivity index (χ3n) is 4.31. The molecule has 1 aliphatic rings. The Hall–Kier alpha value is -1.77. The van der Waals surface area contributed by atoms with E-state index in [9.17, 15) is 10.1 Å². The van der Waals surface area contributed by atoms with Crippen molar-refractivity contribution in [2.75, 3.05) is 11.6 Å². The van der Waals surface area contributed by atoms with Crippen molar-refractivity contribution in [1.29, 1.82) is 5.26 Å². The first-order valence-electron chi connectivity index (χ1n) is 8.18. The van der Waals surface area contributed by atoms with Crippen LogP contribution in [0.25, 0.3) is 0 Å². The van der Waals surface area contributed by atoms with Gasteiger partial charge in [0.2, 0.25) is 5.91 Å². The van der Waals surface area contributed by atoms with E-state index in [1.165, 1.54) is 28.2 Å². The van der Waals surface area contributed by atoms with Gasteiger partial charge in [-0.05, 0) is 55.2 Å². The number of nitrogens with zero attached hydrogens (tertiary/aromatic N) is 1. The van der Waals surface area contributed by atoms with Gasteiger partial charge in [-0.3, -0.25) is 4.79 Å². The summed E-state index contributed by atoms with van der Waals surface area (Å²) in [6.07, 6.45) is 7.89. The van der Waals surface area contributed by atoms with Crippen LogP contribution in [0.5, 0.6) is 0 Å². The summed E-state index contributed by atoms with van der Waals surface area (Å²) in [6, 6.07) is 10.3. The predicted molar refractivity (Wildman–Crippen MR) is 101 cm³/mol. The van der Waals surface area contributed by atoms with Gasteiger partial charge in [-0.1, -0.05) is 18.6 Å². The molecule has 0 atom stereocenters. The SMILES string of the molecule is CSc1ccc(CC(=O)Nc2sc3c(c2C#N)CCCCC3)cc1. The number of hydrogen-bond acceptors (Lipinski definition) is 4. The first-order chi connectivity index (χ1) is 11.7. The average Bonchev–Trinajstić information content (AvgIpc) is 2.75. The number of nitriles is 1. The molecule has 124 valence electrons. The molecule has 1 N–H and O–H groups in total. The highest BCUT2D eigenvalue weighted by Gasteiger charge is 2.20. The molecule has 1 aliphatic carbocycles. The van der Waals surface area contributed by atoms with Gasteiger partial charge in [-0.2, -0.15) is 5.26 Å². The summed E-state index contributed by atoms with van der Waals surface area (Å²) in [5.74, 6) is -0.0557. The maximum Gasteiger partial charge on any atom is 0.229 e. The van der Waals surface area contributed by atoms with Crippen molar-refractivity contribution in [2.24, 2.45) is 0 Å². The van der Waals surface area contributed by atoms with E-state index in [1.807, 2.05) is 30.5 Å². The maximum atomic E-state index is 12.4. The Balaban J connectivity index is 1.73. The van der Waals surface area contributed by atoms with E-state index in [2.05, 4.69) is 11.4 Å². The number of aryl methyl sites for hydroxylation is 1. The Morgan fingerprint density at radius 1 is 1.25 bits per heavy atom. The lowest BCUT2D eigenvalue weighted by Crippen LogP contribution is -2.14. The Morgan fingerprint density at radius 3 is 2.71 bits per heavy atom. The highest BCUT2D eigenvalue weighted by atomic mass is 32.2. The summed E-state index contributed by atoms with van der Waals surface area (Å²) in [4.78, 5) is 14.8. The van der Waals surface area contributed by atoms with Gasteiger partial charge in [0.25, 0.3) is 0 Å². The molecule has 0 fully saturated rings. The average molecular weight is 357 g/mol. The van der Waals surface area contributed by atoms with E-state index in [-0.39, 0.29) is 5.91 Å². The number of anilines is 1. The number of benzene rings is 1. The number of carbonyl (C=O) groups excluding carboxylic acids is 1. The highest BCUT2D eigenvalue weighted by molar-refractivity contribution is 7.98. The highest BCUT2D eigenvalue weighted by Crippen LogP contribution is 2.37. The number of rotatable bonds is 4. The van der Waals surface area contributed by atoms with Crippen molar-refractivity contribution < 1.29 is 4.79 Å². The van der Waals surface area contributed by atoms with Crippen LogP contribution in [-0.2, 0) is 24.1 Å². The molecule has 0 unspecified atom stereocenters. The summed E-state index contributed by atoms with van der Waals surface area (Å²) in [5, 5.41) is 13.2. The second kappa shape index (κ2) is 7.87. The van der Waals surface area contributed by atoms with Gasteiger partial charge in [-0.25, -0.2) is 0 Å². The molecule has 0 saturated carbocycles. The Bertz CT molecular complexity index is 772. The molecule has 5 heteroatoms. The molecule has 1 heterocycles. The van der Waals surface area contributed by atoms with Gasteiger partial charge in [0, 0.05) is 9.77 Å². The van der Waals surface area contributed by atoms with Crippen LogP contribution in [0.3, 0.4) is 0 Å². The lowest BCUT2D eigenvalue weighted by atomic mass is 10.1. The first-order valence-corrected chi connectivity index (χ1v) is 10.2. The minimum Gasteiger partial charge on any atom is -0.316 e. The smallest absolute Gasteiger partial charge is 0.229 e. The molecule has 3 rings (SSSR count). The number of hydrogen-bond donors (Lipinski definition) is 1. The van der Waals surface area contributed by atoms with Crippen LogP contribution >= 0.6 is 23.1 Å². The van der Waals surface area contributed by atoms with Crippen molar-refractivity contribution in [2.45, 2.75) is 43.4 Å². The van der Waals surface area contributed by atoms with Crippen molar-refractivity contribution in [3.05, 3.63) is 45.8 Å². The maximum absolute atomic E-state index is 12.4. The minimum absolute atomic E-state index is 0.0557. The monoisotopic (exact) mass is 356 g/mol. The summed E-state index contributed by atoms with van der Waals surface area (Å²) in [6.45, 7) is 0. The van der Waals surface area contributed by atoms with Gasteiger partial charge >= 0.3 is 0 Å². The zero-order chi connectivity index (χ0) is 16.9. The van der Waals surface area contributed by atoms with Crippen LogP contribution < -0.4 is 5.32 Å². The molecule has 0 saturated heterocycles. The van der Waals surface area contributed by atoms with E-state index in [0.717, 1.165) is 29.8 Å². The number of fused-ring (bicyclic) bond motifs is 1. The zero-order valence-corrected chi connectivity index (χ0v) is 15.4. The fourth-order valence-corrected chi connectivity index (χ4v) is 4.71. The van der Waals surface area contributed by atoms with E-state index in [4.69, 9.17) is 0 Å². The van der Waals surface area contributed by atoms with Gasteiger partial charge in [0.15, 0.2) is 0 Å². The Labute approximate surface area is 151 Å². The van der Waals surface area contributed by atoms with Gasteiger partial charge in [-0.15, -0.1) is 23.1 Å². The third-order valence-corrected chi connectivity index (χ3v) is 6.26. The van der Waals surface area contributed by atoms with Crippen LogP contribution in [0.1, 0.15) is 40.8 Å². The largest absolute Gasteiger partial charge is 0.316 e. The van der Waals surface area contributed by atoms with Crippen molar-refractivity contribution in [3.63, 3.8) is 0 Å². The molecule has 3 nitrogen and oxygen atoms in total. The molecule has 1 aromatic carbocycles. The molecule has 24 heavy (non-hydrogen) atoms. The third kappa shape index (κ3) is 3.82. The lowest BCUT2D eigenvalue weighted by molar-refractivity contribution is -0.115. The lowest BCUT2D eigenvalue weighted by Gasteiger charge is -2.05. The quantitative estimate of drug-likeness (QED) is 0.633. The molecular weight excluding hydrogens is 336 g/mol. The molecule has 2 aromatic rings. The van der Waals surface area contributed by atoms with Crippen molar-refractivity contribution in [1.82, 2.24) is 0 Å². The van der Waals surface area contributed by atoms with Gasteiger partial charge in [0.05, 0.1) is 12.0 Å². The van der Waals surface area contributed by atoms with Crippen LogP contribution in [0, 0.1) is 11.3 Å². The number of amides is 1. The number of thioether (sulfide) groups is 1. The van der Waals surface area contributed by atoms with E-state index in [1.54, 1.807) is 23.1 Å². The first kappa shape index (κ1) is 17.1. The molecule has 1 aromatic heterocycles. The number of thiophene rings is 1. The van der Waals surface area contributed by atoms with Crippen molar-refractivity contribution in [3.8, 4) is 6.07 Å².